The number of amides is 1. The van der Waals surface area contributed by atoms with Gasteiger partial charge in [-0.15, -0.1) is 0 Å². The van der Waals surface area contributed by atoms with Crippen LogP contribution in [0, 0.1) is 0 Å². The first-order valence-electron chi connectivity index (χ1n) is 7.51. The molecule has 3 nitrogen and oxygen atoms in total. The standard InChI is InChI=1S/C16H22N2O/c19-16-11-6-12-17-14-9-4-5-10-15(14)18(16)13-7-2-1-3-8-13/h4-5,9-10,13,17H,1-3,6-8,11-12H2. The number of hydrogen-bond acceptors (Lipinski definition) is 2. The van der Waals surface area contributed by atoms with E-state index in [9.17, 15) is 4.79 Å². The van der Waals surface area contributed by atoms with E-state index in [1.54, 1.807) is 0 Å². The molecule has 102 valence electrons. The Morgan fingerprint density at radius 2 is 1.84 bits per heavy atom. The average molecular weight is 258 g/mol. The van der Waals surface area contributed by atoms with Crippen LogP contribution in [0.2, 0.25) is 0 Å². The van der Waals surface area contributed by atoms with Gasteiger partial charge in [0.2, 0.25) is 5.91 Å². The lowest BCUT2D eigenvalue weighted by atomic mass is 9.93. The van der Waals surface area contributed by atoms with E-state index in [1.807, 2.05) is 12.1 Å². The fourth-order valence-electron chi connectivity index (χ4n) is 3.29. The lowest BCUT2D eigenvalue weighted by Crippen LogP contribution is -2.42. The number of carbonyl (C=O) groups excluding carboxylic acids is 1. The summed E-state index contributed by atoms with van der Waals surface area (Å²) in [6, 6.07) is 8.65. The number of hydrogen-bond donors (Lipinski definition) is 1. The Morgan fingerprint density at radius 3 is 2.68 bits per heavy atom. The highest BCUT2D eigenvalue weighted by Gasteiger charge is 2.28. The number of fused-ring (bicyclic) bond motifs is 1. The smallest absolute Gasteiger partial charge is 0.227 e. The third-order valence-corrected chi connectivity index (χ3v) is 4.25. The third kappa shape index (κ3) is 2.60. The Bertz CT molecular complexity index is 452. The molecule has 0 saturated heterocycles. The molecular formula is C16H22N2O. The zero-order chi connectivity index (χ0) is 13.1. The van der Waals surface area contributed by atoms with Gasteiger partial charge in [-0.1, -0.05) is 31.4 Å². The maximum Gasteiger partial charge on any atom is 0.227 e. The third-order valence-electron chi connectivity index (χ3n) is 4.25. The maximum atomic E-state index is 12.5. The average Bonchev–Trinajstić information content (AvgIpc) is 2.44. The monoisotopic (exact) mass is 258 g/mol. The lowest BCUT2D eigenvalue weighted by Gasteiger charge is -2.36. The Hall–Kier alpha value is -1.51. The predicted octanol–water partition coefficient (Wildman–Crippen LogP) is 3.56. The van der Waals surface area contributed by atoms with Crippen LogP contribution in [0.1, 0.15) is 44.9 Å². The lowest BCUT2D eigenvalue weighted by molar-refractivity contribution is -0.119. The number of rotatable bonds is 1. The highest BCUT2D eigenvalue weighted by Crippen LogP contribution is 2.34. The van der Waals surface area contributed by atoms with Crippen molar-refractivity contribution in [1.29, 1.82) is 0 Å². The normalized spacial score (nSPS) is 21.3. The first-order valence-corrected chi connectivity index (χ1v) is 7.51. The van der Waals surface area contributed by atoms with E-state index in [0.29, 0.717) is 18.4 Å². The molecule has 0 spiro atoms. The van der Waals surface area contributed by atoms with Gasteiger partial charge in [0.15, 0.2) is 0 Å². The van der Waals surface area contributed by atoms with Crippen LogP contribution in [0.3, 0.4) is 0 Å². The molecule has 1 heterocycles. The number of anilines is 2. The van der Waals surface area contributed by atoms with E-state index in [2.05, 4.69) is 22.3 Å². The summed E-state index contributed by atoms with van der Waals surface area (Å²) in [7, 11) is 0. The van der Waals surface area contributed by atoms with Gasteiger partial charge in [0.1, 0.15) is 0 Å². The van der Waals surface area contributed by atoms with Crippen molar-refractivity contribution in [2.75, 3.05) is 16.8 Å². The highest BCUT2D eigenvalue weighted by molar-refractivity contribution is 5.97. The molecule has 0 atom stereocenters. The summed E-state index contributed by atoms with van der Waals surface area (Å²) < 4.78 is 0. The summed E-state index contributed by atoms with van der Waals surface area (Å²) in [5, 5.41) is 3.46. The van der Waals surface area contributed by atoms with Gasteiger partial charge in [-0.3, -0.25) is 4.79 Å². The van der Waals surface area contributed by atoms with Crippen LogP contribution >= 0.6 is 0 Å². The summed E-state index contributed by atoms with van der Waals surface area (Å²) in [6.07, 6.45) is 7.72. The molecule has 1 aromatic rings. The Labute approximate surface area is 115 Å². The van der Waals surface area contributed by atoms with Gasteiger partial charge in [-0.2, -0.15) is 0 Å². The van der Waals surface area contributed by atoms with Gasteiger partial charge in [-0.25, -0.2) is 0 Å². The number of nitrogens with zero attached hydrogens (tertiary/aromatic N) is 1. The van der Waals surface area contributed by atoms with Crippen LogP contribution in [0.4, 0.5) is 11.4 Å². The van der Waals surface area contributed by atoms with Crippen LogP contribution in [-0.2, 0) is 4.79 Å². The zero-order valence-corrected chi connectivity index (χ0v) is 11.4. The van der Waals surface area contributed by atoms with Crippen molar-refractivity contribution in [3.8, 4) is 0 Å². The van der Waals surface area contributed by atoms with Gasteiger partial charge in [0, 0.05) is 19.0 Å². The van der Waals surface area contributed by atoms with Crippen LogP contribution < -0.4 is 10.2 Å². The molecule has 0 aromatic heterocycles. The molecular weight excluding hydrogens is 236 g/mol. The van der Waals surface area contributed by atoms with E-state index < -0.39 is 0 Å². The van der Waals surface area contributed by atoms with E-state index in [1.165, 1.54) is 19.3 Å². The summed E-state index contributed by atoms with van der Waals surface area (Å²) in [5.74, 6) is 0.306. The zero-order valence-electron chi connectivity index (χ0n) is 11.4. The molecule has 19 heavy (non-hydrogen) atoms. The first kappa shape index (κ1) is 12.5. The quantitative estimate of drug-likeness (QED) is 0.835. The number of benzene rings is 1. The second-order valence-corrected chi connectivity index (χ2v) is 5.60. The van der Waals surface area contributed by atoms with Gasteiger partial charge < -0.3 is 10.2 Å². The van der Waals surface area contributed by atoms with Crippen LogP contribution in [0.25, 0.3) is 0 Å². The molecule has 0 unspecified atom stereocenters. The fraction of sp³-hybridized carbons (Fsp3) is 0.562. The van der Waals surface area contributed by atoms with Gasteiger partial charge in [0.25, 0.3) is 0 Å². The maximum absolute atomic E-state index is 12.5. The Balaban J connectivity index is 1.96. The molecule has 1 fully saturated rings. The molecule has 3 heteroatoms. The molecule has 0 bridgehead atoms. The summed E-state index contributed by atoms with van der Waals surface area (Å²) in [6.45, 7) is 0.890. The molecule has 1 saturated carbocycles. The second-order valence-electron chi connectivity index (χ2n) is 5.60. The van der Waals surface area contributed by atoms with E-state index in [4.69, 9.17) is 0 Å². The summed E-state index contributed by atoms with van der Waals surface area (Å²) in [5.41, 5.74) is 2.19. The predicted molar refractivity (Wildman–Crippen MR) is 78.5 cm³/mol. The first-order chi connectivity index (χ1) is 9.36. The van der Waals surface area contributed by atoms with E-state index in [0.717, 1.165) is 37.2 Å². The second kappa shape index (κ2) is 5.64. The van der Waals surface area contributed by atoms with Crippen LogP contribution in [0.15, 0.2) is 24.3 Å². The minimum Gasteiger partial charge on any atom is -0.383 e. The molecule has 3 rings (SSSR count). The number of carbonyl (C=O) groups is 1. The summed E-state index contributed by atoms with van der Waals surface area (Å²) in [4.78, 5) is 14.6. The molecule has 1 aliphatic heterocycles. The molecule has 1 aromatic carbocycles. The minimum atomic E-state index is 0.306. The van der Waals surface area contributed by atoms with Crippen molar-refractivity contribution < 1.29 is 4.79 Å². The molecule has 2 aliphatic rings. The molecule has 1 aliphatic carbocycles. The Kier molecular flexibility index (Phi) is 3.72. The molecule has 1 amide bonds. The minimum absolute atomic E-state index is 0.306. The van der Waals surface area contributed by atoms with Gasteiger partial charge in [-0.05, 0) is 31.4 Å². The van der Waals surface area contributed by atoms with Crippen molar-refractivity contribution in [3.05, 3.63) is 24.3 Å². The largest absolute Gasteiger partial charge is 0.383 e. The highest BCUT2D eigenvalue weighted by atomic mass is 16.2. The molecule has 1 N–H and O–H groups in total. The van der Waals surface area contributed by atoms with Crippen LogP contribution in [0.5, 0.6) is 0 Å². The van der Waals surface area contributed by atoms with Crippen molar-refractivity contribution in [2.45, 2.75) is 51.0 Å². The SMILES string of the molecule is O=C1CCCNc2ccccc2N1C1CCCCC1. The fourth-order valence-corrected chi connectivity index (χ4v) is 3.29. The van der Waals surface area contributed by atoms with Crippen molar-refractivity contribution in [3.63, 3.8) is 0 Å². The van der Waals surface area contributed by atoms with E-state index in [-0.39, 0.29) is 0 Å². The Morgan fingerprint density at radius 1 is 1.05 bits per heavy atom. The summed E-state index contributed by atoms with van der Waals surface area (Å²) >= 11 is 0. The van der Waals surface area contributed by atoms with Crippen LogP contribution in [-0.4, -0.2) is 18.5 Å². The number of nitrogens with one attached hydrogen (secondary N) is 1. The van der Waals surface area contributed by atoms with E-state index >= 15 is 0 Å². The molecule has 0 radical (unpaired) electrons. The van der Waals surface area contributed by atoms with Crippen molar-refractivity contribution in [1.82, 2.24) is 0 Å². The number of para-hydroxylation sites is 2. The van der Waals surface area contributed by atoms with Gasteiger partial charge >= 0.3 is 0 Å². The topological polar surface area (TPSA) is 32.3 Å². The van der Waals surface area contributed by atoms with Crippen molar-refractivity contribution >= 4 is 17.3 Å². The van der Waals surface area contributed by atoms with Gasteiger partial charge in [0.05, 0.1) is 11.4 Å². The van der Waals surface area contributed by atoms with Crippen molar-refractivity contribution in [2.24, 2.45) is 0 Å².